The third-order valence-corrected chi connectivity index (χ3v) is 2.81. The normalized spacial score (nSPS) is 13.9. The van der Waals surface area contributed by atoms with Gasteiger partial charge in [-0.05, 0) is 31.2 Å². The molecular formula is C12H16BrNO4. The standard InChI is InChI=1S/C12H16BrNO4/c1-8(12(16)17)14-6-10(15)7-18-11-4-2-9(13)3-5-11/h2-5,8,10,14-15H,6-7H2,1H3,(H,16,17). The Morgan fingerprint density at radius 3 is 2.61 bits per heavy atom. The maximum atomic E-state index is 10.5. The molecular weight excluding hydrogens is 302 g/mol. The molecule has 1 rings (SSSR count). The summed E-state index contributed by atoms with van der Waals surface area (Å²) in [7, 11) is 0. The molecule has 18 heavy (non-hydrogen) atoms. The van der Waals surface area contributed by atoms with Crippen molar-refractivity contribution in [1.29, 1.82) is 0 Å². The molecule has 2 atom stereocenters. The lowest BCUT2D eigenvalue weighted by molar-refractivity contribution is -0.139. The van der Waals surface area contributed by atoms with Crippen LogP contribution in [0.2, 0.25) is 0 Å². The average Bonchev–Trinajstić information content (AvgIpc) is 2.35. The van der Waals surface area contributed by atoms with Gasteiger partial charge in [0.2, 0.25) is 0 Å². The number of carbonyl (C=O) groups is 1. The Balaban J connectivity index is 2.26. The summed E-state index contributed by atoms with van der Waals surface area (Å²) in [4.78, 5) is 10.5. The van der Waals surface area contributed by atoms with Crippen LogP contribution in [-0.4, -0.2) is 41.5 Å². The van der Waals surface area contributed by atoms with E-state index in [0.29, 0.717) is 5.75 Å². The Kier molecular flexibility index (Phi) is 6.11. The van der Waals surface area contributed by atoms with Crippen LogP contribution < -0.4 is 10.1 Å². The van der Waals surface area contributed by atoms with Crippen molar-refractivity contribution in [3.8, 4) is 5.75 Å². The minimum atomic E-state index is -0.948. The summed E-state index contributed by atoms with van der Waals surface area (Å²) < 4.78 is 6.31. The van der Waals surface area contributed by atoms with E-state index < -0.39 is 18.1 Å². The van der Waals surface area contributed by atoms with Crippen LogP contribution in [0.5, 0.6) is 5.75 Å². The molecule has 0 heterocycles. The highest BCUT2D eigenvalue weighted by molar-refractivity contribution is 9.10. The van der Waals surface area contributed by atoms with Crippen LogP contribution >= 0.6 is 15.9 Å². The van der Waals surface area contributed by atoms with Gasteiger partial charge in [0.25, 0.3) is 0 Å². The Morgan fingerprint density at radius 1 is 1.44 bits per heavy atom. The van der Waals surface area contributed by atoms with Crippen LogP contribution in [0, 0.1) is 0 Å². The molecule has 0 fully saturated rings. The van der Waals surface area contributed by atoms with Crippen molar-refractivity contribution < 1.29 is 19.7 Å². The average molecular weight is 318 g/mol. The van der Waals surface area contributed by atoms with E-state index >= 15 is 0 Å². The van der Waals surface area contributed by atoms with Crippen molar-refractivity contribution in [3.05, 3.63) is 28.7 Å². The van der Waals surface area contributed by atoms with Gasteiger partial charge in [-0.15, -0.1) is 0 Å². The van der Waals surface area contributed by atoms with Gasteiger partial charge in [-0.25, -0.2) is 0 Å². The highest BCUT2D eigenvalue weighted by Crippen LogP contribution is 2.16. The van der Waals surface area contributed by atoms with E-state index in [9.17, 15) is 9.90 Å². The Morgan fingerprint density at radius 2 is 2.06 bits per heavy atom. The van der Waals surface area contributed by atoms with Gasteiger partial charge < -0.3 is 20.3 Å². The maximum Gasteiger partial charge on any atom is 0.320 e. The summed E-state index contributed by atoms with van der Waals surface area (Å²) in [5.41, 5.74) is 0. The van der Waals surface area contributed by atoms with Gasteiger partial charge in [0.1, 0.15) is 24.5 Å². The van der Waals surface area contributed by atoms with Gasteiger partial charge >= 0.3 is 5.97 Å². The number of aliphatic hydroxyl groups is 1. The third-order valence-electron chi connectivity index (χ3n) is 2.29. The molecule has 0 spiro atoms. The predicted molar refractivity (Wildman–Crippen MR) is 70.7 cm³/mol. The molecule has 0 aliphatic carbocycles. The molecule has 6 heteroatoms. The lowest BCUT2D eigenvalue weighted by Gasteiger charge is -2.15. The molecule has 5 nitrogen and oxygen atoms in total. The molecule has 0 saturated carbocycles. The highest BCUT2D eigenvalue weighted by atomic mass is 79.9. The fraction of sp³-hybridized carbons (Fsp3) is 0.417. The molecule has 1 aromatic rings. The Labute approximate surface area is 114 Å². The first kappa shape index (κ1) is 14.9. The number of ether oxygens (including phenoxy) is 1. The summed E-state index contributed by atoms with van der Waals surface area (Å²) in [6, 6.07) is 6.56. The zero-order valence-electron chi connectivity index (χ0n) is 9.97. The minimum Gasteiger partial charge on any atom is -0.491 e. The van der Waals surface area contributed by atoms with Crippen molar-refractivity contribution in [2.75, 3.05) is 13.2 Å². The zero-order chi connectivity index (χ0) is 13.5. The highest BCUT2D eigenvalue weighted by Gasteiger charge is 2.12. The molecule has 0 amide bonds. The number of aliphatic hydroxyl groups excluding tert-OH is 1. The second-order valence-corrected chi connectivity index (χ2v) is 4.80. The molecule has 2 unspecified atom stereocenters. The first-order valence-electron chi connectivity index (χ1n) is 5.51. The number of aliphatic carboxylic acids is 1. The molecule has 3 N–H and O–H groups in total. The second kappa shape index (κ2) is 7.35. The minimum absolute atomic E-state index is 0.112. The summed E-state index contributed by atoms with van der Waals surface area (Å²) in [5, 5.41) is 20.9. The third kappa shape index (κ3) is 5.48. The van der Waals surface area contributed by atoms with Gasteiger partial charge in [0.15, 0.2) is 0 Å². The molecule has 1 aromatic carbocycles. The van der Waals surface area contributed by atoms with Crippen LogP contribution in [0.3, 0.4) is 0 Å². The first-order valence-corrected chi connectivity index (χ1v) is 6.31. The van der Waals surface area contributed by atoms with Crippen molar-refractivity contribution in [2.45, 2.75) is 19.1 Å². The van der Waals surface area contributed by atoms with Crippen molar-refractivity contribution >= 4 is 21.9 Å². The van der Waals surface area contributed by atoms with Crippen LogP contribution in [0.25, 0.3) is 0 Å². The lowest BCUT2D eigenvalue weighted by atomic mass is 10.3. The van der Waals surface area contributed by atoms with Gasteiger partial charge in [0, 0.05) is 11.0 Å². The molecule has 0 aliphatic heterocycles. The van der Waals surface area contributed by atoms with Gasteiger partial charge in [-0.2, -0.15) is 0 Å². The fourth-order valence-electron chi connectivity index (χ4n) is 1.18. The van der Waals surface area contributed by atoms with Crippen molar-refractivity contribution in [2.24, 2.45) is 0 Å². The van der Waals surface area contributed by atoms with E-state index in [1.807, 2.05) is 12.1 Å². The number of halogens is 1. The zero-order valence-corrected chi connectivity index (χ0v) is 11.6. The van der Waals surface area contributed by atoms with Crippen molar-refractivity contribution in [1.82, 2.24) is 5.32 Å². The number of hydrogen-bond acceptors (Lipinski definition) is 4. The summed E-state index contributed by atoms with van der Waals surface area (Å²) in [6.07, 6.45) is -0.754. The Hall–Kier alpha value is -1.11. The van der Waals surface area contributed by atoms with E-state index in [1.54, 1.807) is 12.1 Å². The summed E-state index contributed by atoms with van der Waals surface area (Å²) in [6.45, 7) is 1.80. The number of benzene rings is 1. The van der Waals surface area contributed by atoms with E-state index in [4.69, 9.17) is 9.84 Å². The largest absolute Gasteiger partial charge is 0.491 e. The predicted octanol–water partition coefficient (Wildman–Crippen LogP) is 1.25. The van der Waals surface area contributed by atoms with Gasteiger partial charge in [-0.1, -0.05) is 15.9 Å². The molecule has 0 saturated heterocycles. The maximum absolute atomic E-state index is 10.5. The molecule has 0 aliphatic rings. The lowest BCUT2D eigenvalue weighted by Crippen LogP contribution is -2.40. The van der Waals surface area contributed by atoms with E-state index in [2.05, 4.69) is 21.2 Å². The summed E-state index contributed by atoms with van der Waals surface area (Å²) >= 11 is 3.31. The quantitative estimate of drug-likeness (QED) is 0.705. The van der Waals surface area contributed by atoms with E-state index in [-0.39, 0.29) is 13.2 Å². The van der Waals surface area contributed by atoms with Gasteiger partial charge in [0.05, 0.1) is 0 Å². The molecule has 0 bridgehead atoms. The smallest absolute Gasteiger partial charge is 0.320 e. The van der Waals surface area contributed by atoms with E-state index in [1.165, 1.54) is 6.92 Å². The number of nitrogens with one attached hydrogen (secondary N) is 1. The van der Waals surface area contributed by atoms with Crippen LogP contribution in [0.4, 0.5) is 0 Å². The first-order chi connectivity index (χ1) is 8.49. The van der Waals surface area contributed by atoms with Crippen LogP contribution in [-0.2, 0) is 4.79 Å². The Bertz CT molecular complexity index is 382. The van der Waals surface area contributed by atoms with Crippen molar-refractivity contribution in [3.63, 3.8) is 0 Å². The number of carboxylic acid groups (broad SMARTS) is 1. The van der Waals surface area contributed by atoms with Gasteiger partial charge in [-0.3, -0.25) is 4.79 Å². The van der Waals surface area contributed by atoms with Crippen LogP contribution in [0.15, 0.2) is 28.7 Å². The number of carboxylic acids is 1. The fourth-order valence-corrected chi connectivity index (χ4v) is 1.45. The molecule has 0 radical (unpaired) electrons. The molecule has 0 aromatic heterocycles. The monoisotopic (exact) mass is 317 g/mol. The number of hydrogen-bond donors (Lipinski definition) is 3. The second-order valence-electron chi connectivity index (χ2n) is 3.89. The summed E-state index contributed by atoms with van der Waals surface area (Å²) in [5.74, 6) is -0.292. The van der Waals surface area contributed by atoms with Crippen LogP contribution in [0.1, 0.15) is 6.92 Å². The topological polar surface area (TPSA) is 78.8 Å². The molecule has 100 valence electrons. The SMILES string of the molecule is CC(NCC(O)COc1ccc(Br)cc1)C(=O)O. The number of rotatable bonds is 7. The van der Waals surface area contributed by atoms with E-state index in [0.717, 1.165) is 4.47 Å².